The average Bonchev–Trinajstić information content (AvgIpc) is 2.29. The smallest absolute Gasteiger partial charge is 0.320 e. The summed E-state index contributed by atoms with van der Waals surface area (Å²) in [4.78, 5) is 12.8. The van der Waals surface area contributed by atoms with E-state index < -0.39 is 18.0 Å². The minimum atomic E-state index is -5.92. The predicted molar refractivity (Wildman–Crippen MR) is 63.5 cm³/mol. The molecule has 0 spiro atoms. The minimum absolute atomic E-state index is 0.0740. The van der Waals surface area contributed by atoms with Gasteiger partial charge in [0, 0.05) is 12.2 Å². The molecular formula is C12H13F5N2O. The molecule has 0 heterocycles. The number of amides is 1. The topological polar surface area (TPSA) is 32.3 Å². The number of hydrogen-bond donors (Lipinski definition) is 1. The Hall–Kier alpha value is -1.70. The number of carbonyl (C=O) groups excluding carboxylic acids is 1. The fraction of sp³-hybridized carbons (Fsp3) is 0.417. The summed E-state index contributed by atoms with van der Waals surface area (Å²) in [5.41, 5.74) is 0.360. The maximum Gasteiger partial charge on any atom is 0.463 e. The van der Waals surface area contributed by atoms with E-state index in [0.717, 1.165) is 0 Å². The van der Waals surface area contributed by atoms with E-state index in [1.165, 1.54) is 18.2 Å². The van der Waals surface area contributed by atoms with E-state index >= 15 is 0 Å². The van der Waals surface area contributed by atoms with Gasteiger partial charge in [0.25, 0.3) is 0 Å². The Morgan fingerprint density at radius 1 is 1.15 bits per heavy atom. The molecule has 20 heavy (non-hydrogen) atoms. The van der Waals surface area contributed by atoms with Crippen LogP contribution in [0.15, 0.2) is 24.3 Å². The summed E-state index contributed by atoms with van der Waals surface area (Å²) < 4.78 is 61.9. The summed E-state index contributed by atoms with van der Waals surface area (Å²) in [6.07, 6.45) is -5.92. The highest BCUT2D eigenvalue weighted by molar-refractivity contribution is 5.97. The van der Waals surface area contributed by atoms with Gasteiger partial charge in [-0.15, -0.1) is 0 Å². The first-order chi connectivity index (χ1) is 9.05. The van der Waals surface area contributed by atoms with E-state index in [4.69, 9.17) is 0 Å². The molecule has 0 fully saturated rings. The van der Waals surface area contributed by atoms with Crippen LogP contribution in [0.3, 0.4) is 0 Å². The Balaban J connectivity index is 2.97. The molecule has 0 aliphatic rings. The molecule has 112 valence electrons. The number of anilines is 1. The fourth-order valence-corrected chi connectivity index (χ4v) is 1.45. The van der Waals surface area contributed by atoms with Gasteiger partial charge in [-0.05, 0) is 25.7 Å². The lowest BCUT2D eigenvalue weighted by Crippen LogP contribution is -2.47. The molecule has 3 nitrogen and oxygen atoms in total. The normalized spacial score (nSPS) is 12.6. The monoisotopic (exact) mass is 296 g/mol. The minimum Gasteiger partial charge on any atom is -0.320 e. The Labute approximate surface area is 112 Å². The third-order valence-electron chi connectivity index (χ3n) is 2.39. The maximum atomic E-state index is 12.9. The second kappa shape index (κ2) is 5.74. The average molecular weight is 296 g/mol. The van der Waals surface area contributed by atoms with Gasteiger partial charge in [-0.2, -0.15) is 22.0 Å². The standard InChI is InChI=1S/C12H13F5N2O/c1-19(2)7-8-5-3-4-6-9(8)18-10(20)11(13,14)12(15,16)17/h3-6H,7H2,1-2H3,(H,18,20). The molecule has 1 N–H and O–H groups in total. The Kier molecular flexibility index (Phi) is 4.69. The van der Waals surface area contributed by atoms with Gasteiger partial charge >= 0.3 is 18.0 Å². The molecule has 0 radical (unpaired) electrons. The van der Waals surface area contributed by atoms with Gasteiger partial charge in [-0.25, -0.2) is 0 Å². The Morgan fingerprint density at radius 2 is 1.70 bits per heavy atom. The van der Waals surface area contributed by atoms with Crippen molar-refractivity contribution in [3.05, 3.63) is 29.8 Å². The van der Waals surface area contributed by atoms with Crippen LogP contribution in [-0.4, -0.2) is 37.0 Å². The molecule has 1 aromatic carbocycles. The quantitative estimate of drug-likeness (QED) is 0.867. The van der Waals surface area contributed by atoms with Crippen molar-refractivity contribution >= 4 is 11.6 Å². The van der Waals surface area contributed by atoms with E-state index in [0.29, 0.717) is 5.56 Å². The van der Waals surface area contributed by atoms with E-state index in [9.17, 15) is 26.7 Å². The van der Waals surface area contributed by atoms with Crippen LogP contribution in [0.1, 0.15) is 5.56 Å². The van der Waals surface area contributed by atoms with Crippen molar-refractivity contribution in [2.45, 2.75) is 18.6 Å². The lowest BCUT2D eigenvalue weighted by Gasteiger charge is -2.20. The SMILES string of the molecule is CN(C)Cc1ccccc1NC(=O)C(F)(F)C(F)(F)F. The number of carbonyl (C=O) groups is 1. The lowest BCUT2D eigenvalue weighted by molar-refractivity contribution is -0.267. The maximum absolute atomic E-state index is 12.9. The van der Waals surface area contributed by atoms with Gasteiger partial charge in [0.15, 0.2) is 0 Å². The van der Waals surface area contributed by atoms with E-state index in [1.54, 1.807) is 30.4 Å². The summed E-state index contributed by atoms with van der Waals surface area (Å²) in [5, 5.41) is 1.63. The molecule has 0 saturated carbocycles. The summed E-state index contributed by atoms with van der Waals surface area (Å²) in [5.74, 6) is -7.82. The third-order valence-corrected chi connectivity index (χ3v) is 2.39. The van der Waals surface area contributed by atoms with Crippen molar-refractivity contribution in [3.8, 4) is 0 Å². The lowest BCUT2D eigenvalue weighted by atomic mass is 10.1. The summed E-state index contributed by atoms with van der Waals surface area (Å²) in [6, 6.07) is 5.82. The van der Waals surface area contributed by atoms with Gasteiger partial charge < -0.3 is 10.2 Å². The van der Waals surface area contributed by atoms with E-state index in [2.05, 4.69) is 0 Å². The van der Waals surface area contributed by atoms with Crippen LogP contribution in [-0.2, 0) is 11.3 Å². The third kappa shape index (κ3) is 3.66. The van der Waals surface area contributed by atoms with Crippen molar-refractivity contribution in [1.82, 2.24) is 4.90 Å². The molecule has 8 heteroatoms. The predicted octanol–water partition coefficient (Wildman–Crippen LogP) is 2.88. The van der Waals surface area contributed by atoms with Crippen molar-refractivity contribution in [2.24, 2.45) is 0 Å². The van der Waals surface area contributed by atoms with Crippen LogP contribution in [0.2, 0.25) is 0 Å². The Morgan fingerprint density at radius 3 is 2.20 bits per heavy atom. The van der Waals surface area contributed by atoms with Crippen molar-refractivity contribution < 1.29 is 26.7 Å². The number of benzene rings is 1. The molecule has 1 amide bonds. The molecular weight excluding hydrogens is 283 g/mol. The van der Waals surface area contributed by atoms with Gasteiger partial charge in [-0.3, -0.25) is 4.79 Å². The van der Waals surface area contributed by atoms with Crippen LogP contribution in [0.5, 0.6) is 0 Å². The largest absolute Gasteiger partial charge is 0.463 e. The molecule has 0 aliphatic heterocycles. The highest BCUT2D eigenvalue weighted by Gasteiger charge is 2.63. The second-order valence-corrected chi connectivity index (χ2v) is 4.42. The van der Waals surface area contributed by atoms with E-state index in [1.807, 2.05) is 0 Å². The van der Waals surface area contributed by atoms with Gasteiger partial charge in [0.1, 0.15) is 0 Å². The number of rotatable bonds is 4. The molecule has 0 saturated heterocycles. The number of nitrogens with one attached hydrogen (secondary N) is 1. The van der Waals surface area contributed by atoms with E-state index in [-0.39, 0.29) is 12.2 Å². The molecule has 1 aromatic rings. The highest BCUT2D eigenvalue weighted by Crippen LogP contribution is 2.36. The Bertz CT molecular complexity index is 485. The van der Waals surface area contributed by atoms with Gasteiger partial charge in [0.2, 0.25) is 0 Å². The van der Waals surface area contributed by atoms with Crippen molar-refractivity contribution in [3.63, 3.8) is 0 Å². The first-order valence-corrected chi connectivity index (χ1v) is 5.54. The van der Waals surface area contributed by atoms with Crippen LogP contribution in [0, 0.1) is 0 Å². The number of alkyl halides is 5. The van der Waals surface area contributed by atoms with Crippen LogP contribution >= 0.6 is 0 Å². The molecule has 1 rings (SSSR count). The zero-order valence-electron chi connectivity index (χ0n) is 10.8. The molecule has 0 bridgehead atoms. The van der Waals surface area contributed by atoms with Crippen molar-refractivity contribution in [1.29, 1.82) is 0 Å². The first kappa shape index (κ1) is 16.4. The number of para-hydroxylation sites is 1. The molecule has 0 aliphatic carbocycles. The number of hydrogen-bond acceptors (Lipinski definition) is 2. The summed E-state index contributed by atoms with van der Waals surface area (Å²) in [7, 11) is 3.39. The van der Waals surface area contributed by atoms with Gasteiger partial charge in [0.05, 0.1) is 0 Å². The van der Waals surface area contributed by atoms with Crippen LogP contribution < -0.4 is 5.32 Å². The fourth-order valence-electron chi connectivity index (χ4n) is 1.45. The van der Waals surface area contributed by atoms with Crippen LogP contribution in [0.25, 0.3) is 0 Å². The summed E-state index contributed by atoms with van der Waals surface area (Å²) in [6.45, 7) is 0.286. The molecule has 0 atom stereocenters. The highest BCUT2D eigenvalue weighted by atomic mass is 19.4. The molecule has 0 unspecified atom stereocenters. The second-order valence-electron chi connectivity index (χ2n) is 4.42. The molecule has 0 aromatic heterocycles. The van der Waals surface area contributed by atoms with Gasteiger partial charge in [-0.1, -0.05) is 18.2 Å². The number of halogens is 5. The zero-order valence-corrected chi connectivity index (χ0v) is 10.8. The zero-order chi connectivity index (χ0) is 15.6. The number of nitrogens with zero attached hydrogens (tertiary/aromatic N) is 1. The summed E-state index contributed by atoms with van der Waals surface area (Å²) >= 11 is 0. The van der Waals surface area contributed by atoms with Crippen LogP contribution in [0.4, 0.5) is 27.6 Å². The van der Waals surface area contributed by atoms with Crippen molar-refractivity contribution in [2.75, 3.05) is 19.4 Å². The first-order valence-electron chi connectivity index (χ1n) is 5.54.